The number of ether oxygens (including phenoxy) is 1. The summed E-state index contributed by atoms with van der Waals surface area (Å²) in [7, 11) is 1.32. The minimum atomic E-state index is -1.20. The van der Waals surface area contributed by atoms with Crippen molar-refractivity contribution in [2.75, 3.05) is 12.4 Å². The summed E-state index contributed by atoms with van der Waals surface area (Å²) >= 11 is 6.04. The summed E-state index contributed by atoms with van der Waals surface area (Å²) in [5.74, 6) is -1.96. The van der Waals surface area contributed by atoms with Crippen molar-refractivity contribution >= 4 is 34.8 Å². The predicted molar refractivity (Wildman–Crippen MR) is 92.4 cm³/mol. The lowest BCUT2D eigenvalue weighted by Crippen LogP contribution is -2.15. The second-order valence-electron chi connectivity index (χ2n) is 5.41. The van der Waals surface area contributed by atoms with Crippen LogP contribution in [-0.4, -0.2) is 33.5 Å². The molecule has 0 spiro atoms. The zero-order chi connectivity index (χ0) is 18.8. The third-order valence-corrected chi connectivity index (χ3v) is 3.91. The number of aromatic nitrogens is 2. The van der Waals surface area contributed by atoms with Gasteiger partial charge in [0.15, 0.2) is 0 Å². The summed E-state index contributed by atoms with van der Waals surface area (Å²) in [6, 6.07) is 5.32. The molecule has 2 aromatic heterocycles. The van der Waals surface area contributed by atoms with Gasteiger partial charge in [-0.1, -0.05) is 11.6 Å². The van der Waals surface area contributed by atoms with Gasteiger partial charge in [-0.2, -0.15) is 0 Å². The average molecular weight is 378 g/mol. The number of pyridine rings is 1. The van der Waals surface area contributed by atoms with Crippen molar-refractivity contribution in [3.8, 4) is 5.75 Å². The number of halogens is 2. The lowest BCUT2D eigenvalue weighted by molar-refractivity contribution is -0.115. The van der Waals surface area contributed by atoms with E-state index in [-0.39, 0.29) is 28.4 Å². The van der Waals surface area contributed by atoms with Crippen LogP contribution < -0.4 is 10.1 Å². The summed E-state index contributed by atoms with van der Waals surface area (Å²) in [6.45, 7) is 0. The van der Waals surface area contributed by atoms with Crippen LogP contribution in [0, 0.1) is 5.82 Å². The molecule has 0 saturated heterocycles. The fraction of sp³-hybridized carbons (Fsp3) is 0.118. The normalized spacial score (nSPS) is 10.7. The predicted octanol–water partition coefficient (Wildman–Crippen LogP) is 3.01. The number of anilines is 1. The Morgan fingerprint density at radius 1 is 1.35 bits per heavy atom. The molecule has 0 radical (unpaired) electrons. The SMILES string of the molecule is COc1cc(NC(=O)Cc2cn3cc(F)ccc3n2)c(Cl)cc1C(=O)O. The number of hydrogen-bond acceptors (Lipinski definition) is 4. The van der Waals surface area contributed by atoms with Crippen LogP contribution in [0.4, 0.5) is 10.1 Å². The summed E-state index contributed by atoms with van der Waals surface area (Å²) in [6.07, 6.45) is 2.74. The van der Waals surface area contributed by atoms with E-state index < -0.39 is 17.7 Å². The van der Waals surface area contributed by atoms with Crippen LogP contribution in [0.1, 0.15) is 16.1 Å². The summed E-state index contributed by atoms with van der Waals surface area (Å²) in [4.78, 5) is 27.6. The van der Waals surface area contributed by atoms with E-state index in [0.29, 0.717) is 11.3 Å². The van der Waals surface area contributed by atoms with E-state index in [1.165, 1.54) is 42.0 Å². The number of amides is 1. The Morgan fingerprint density at radius 3 is 2.81 bits per heavy atom. The first-order valence-electron chi connectivity index (χ1n) is 7.41. The van der Waals surface area contributed by atoms with Crippen molar-refractivity contribution in [3.05, 3.63) is 58.8 Å². The molecule has 2 N–H and O–H groups in total. The second-order valence-corrected chi connectivity index (χ2v) is 5.81. The molecule has 0 saturated carbocycles. The molecule has 3 rings (SSSR count). The molecule has 1 amide bonds. The van der Waals surface area contributed by atoms with Crippen LogP contribution in [0.5, 0.6) is 5.75 Å². The minimum Gasteiger partial charge on any atom is -0.496 e. The molecule has 134 valence electrons. The first-order chi connectivity index (χ1) is 12.4. The van der Waals surface area contributed by atoms with Gasteiger partial charge in [-0.05, 0) is 18.2 Å². The largest absolute Gasteiger partial charge is 0.496 e. The molecule has 0 bridgehead atoms. The van der Waals surface area contributed by atoms with Gasteiger partial charge in [0.2, 0.25) is 5.91 Å². The number of rotatable bonds is 5. The molecule has 1 aromatic carbocycles. The Labute approximate surface area is 152 Å². The Balaban J connectivity index is 1.79. The third kappa shape index (κ3) is 3.60. The van der Waals surface area contributed by atoms with Gasteiger partial charge in [-0.15, -0.1) is 0 Å². The number of carboxylic acids is 1. The first kappa shape index (κ1) is 17.7. The van der Waals surface area contributed by atoms with Crippen molar-refractivity contribution in [3.63, 3.8) is 0 Å². The van der Waals surface area contributed by atoms with Crippen LogP contribution >= 0.6 is 11.6 Å². The van der Waals surface area contributed by atoms with Gasteiger partial charge in [0.25, 0.3) is 0 Å². The fourth-order valence-electron chi connectivity index (χ4n) is 2.45. The number of methoxy groups -OCH3 is 1. The van der Waals surface area contributed by atoms with Crippen molar-refractivity contribution in [2.24, 2.45) is 0 Å². The zero-order valence-corrected chi connectivity index (χ0v) is 14.2. The lowest BCUT2D eigenvalue weighted by atomic mass is 10.1. The van der Waals surface area contributed by atoms with E-state index in [2.05, 4.69) is 10.3 Å². The smallest absolute Gasteiger partial charge is 0.339 e. The summed E-state index contributed by atoms with van der Waals surface area (Å²) in [5, 5.41) is 11.8. The minimum absolute atomic E-state index is 0.0635. The van der Waals surface area contributed by atoms with Crippen LogP contribution in [0.15, 0.2) is 36.7 Å². The topological polar surface area (TPSA) is 92.9 Å². The molecule has 0 aliphatic rings. The molecular weight excluding hydrogens is 365 g/mol. The molecular formula is C17H13ClFN3O4. The van der Waals surface area contributed by atoms with Gasteiger partial charge in [0.05, 0.1) is 29.9 Å². The van der Waals surface area contributed by atoms with E-state index in [4.69, 9.17) is 21.4 Å². The summed E-state index contributed by atoms with van der Waals surface area (Å²) in [5.41, 5.74) is 1.06. The van der Waals surface area contributed by atoms with E-state index in [0.717, 1.165) is 0 Å². The second kappa shape index (κ2) is 7.01. The number of hydrogen-bond donors (Lipinski definition) is 2. The summed E-state index contributed by atoms with van der Waals surface area (Å²) < 4.78 is 19.7. The van der Waals surface area contributed by atoms with E-state index in [1.807, 2.05) is 0 Å². The van der Waals surface area contributed by atoms with Crippen molar-refractivity contribution in [1.29, 1.82) is 0 Å². The van der Waals surface area contributed by atoms with Gasteiger partial charge in [0, 0.05) is 18.5 Å². The highest BCUT2D eigenvalue weighted by molar-refractivity contribution is 6.34. The molecule has 26 heavy (non-hydrogen) atoms. The number of carbonyl (C=O) groups excluding carboxylic acids is 1. The maximum Gasteiger partial charge on any atom is 0.339 e. The number of carboxylic acid groups (broad SMARTS) is 1. The molecule has 0 unspecified atom stereocenters. The third-order valence-electron chi connectivity index (χ3n) is 3.60. The van der Waals surface area contributed by atoms with Crippen LogP contribution in [-0.2, 0) is 11.2 Å². The van der Waals surface area contributed by atoms with Gasteiger partial charge in [-0.25, -0.2) is 14.2 Å². The maximum atomic E-state index is 13.2. The standard InChI is InChI=1S/C17H13ClFN3O4/c1-26-14-6-13(12(18)5-11(14)17(24)25)21-16(23)4-10-8-22-7-9(19)2-3-15(22)20-10/h2-3,5-8H,4H2,1H3,(H,21,23)(H,24,25). The lowest BCUT2D eigenvalue weighted by Gasteiger charge is -2.11. The number of fused-ring (bicyclic) bond motifs is 1. The Hall–Kier alpha value is -3.13. The molecule has 0 aliphatic carbocycles. The van der Waals surface area contributed by atoms with E-state index in [1.54, 1.807) is 6.20 Å². The molecule has 7 nitrogen and oxygen atoms in total. The van der Waals surface area contributed by atoms with Gasteiger partial charge in [0.1, 0.15) is 22.8 Å². The highest BCUT2D eigenvalue weighted by Gasteiger charge is 2.17. The Bertz CT molecular complexity index is 1020. The van der Waals surface area contributed by atoms with Crippen molar-refractivity contribution in [1.82, 2.24) is 9.38 Å². The molecule has 9 heteroatoms. The highest BCUT2D eigenvalue weighted by Crippen LogP contribution is 2.31. The quantitative estimate of drug-likeness (QED) is 0.713. The molecule has 2 heterocycles. The number of carbonyl (C=O) groups is 2. The van der Waals surface area contributed by atoms with Crippen LogP contribution in [0.25, 0.3) is 5.65 Å². The number of imidazole rings is 1. The zero-order valence-electron chi connectivity index (χ0n) is 13.5. The molecule has 0 fully saturated rings. The Morgan fingerprint density at radius 2 is 2.12 bits per heavy atom. The number of aromatic carboxylic acids is 1. The van der Waals surface area contributed by atoms with Crippen LogP contribution in [0.3, 0.4) is 0 Å². The molecule has 0 aliphatic heterocycles. The van der Waals surface area contributed by atoms with Gasteiger partial charge in [-0.3, -0.25) is 4.79 Å². The highest BCUT2D eigenvalue weighted by atomic mass is 35.5. The van der Waals surface area contributed by atoms with Crippen molar-refractivity contribution < 1.29 is 23.8 Å². The van der Waals surface area contributed by atoms with Crippen molar-refractivity contribution in [2.45, 2.75) is 6.42 Å². The van der Waals surface area contributed by atoms with Gasteiger partial charge >= 0.3 is 5.97 Å². The number of benzene rings is 1. The monoisotopic (exact) mass is 377 g/mol. The van der Waals surface area contributed by atoms with Gasteiger partial charge < -0.3 is 19.6 Å². The van der Waals surface area contributed by atoms with Crippen LogP contribution in [0.2, 0.25) is 5.02 Å². The fourth-order valence-corrected chi connectivity index (χ4v) is 2.66. The average Bonchev–Trinajstić information content (AvgIpc) is 2.97. The Kier molecular flexibility index (Phi) is 4.77. The first-order valence-corrected chi connectivity index (χ1v) is 7.79. The number of nitrogens with zero attached hydrogens (tertiary/aromatic N) is 2. The molecule has 0 atom stereocenters. The maximum absolute atomic E-state index is 13.2. The van der Waals surface area contributed by atoms with E-state index in [9.17, 15) is 14.0 Å². The molecule has 3 aromatic rings. The van der Waals surface area contributed by atoms with E-state index >= 15 is 0 Å². The number of nitrogens with one attached hydrogen (secondary N) is 1.